The van der Waals surface area contributed by atoms with Crippen LogP contribution in [0.1, 0.15) is 12.5 Å². The highest BCUT2D eigenvalue weighted by Gasteiger charge is 2.53. The maximum absolute atomic E-state index is 11.1. The predicted molar refractivity (Wildman–Crippen MR) is 68.4 cm³/mol. The molecular weight excluding hydrogens is 264 g/mol. The average Bonchev–Trinajstić information content (AvgIpc) is 2.40. The third kappa shape index (κ3) is 2.37. The van der Waals surface area contributed by atoms with E-state index in [0.717, 1.165) is 0 Å². The summed E-state index contributed by atoms with van der Waals surface area (Å²) in [5, 5.41) is 36.1. The van der Waals surface area contributed by atoms with Crippen molar-refractivity contribution in [1.82, 2.24) is 0 Å². The van der Waals surface area contributed by atoms with Crippen LogP contribution in [0.4, 0.5) is 0 Å². The van der Waals surface area contributed by atoms with Crippen LogP contribution >= 0.6 is 0 Å². The molecule has 20 heavy (non-hydrogen) atoms. The van der Waals surface area contributed by atoms with Gasteiger partial charge < -0.3 is 10.8 Å². The molecular formula is C12H10N4O4. The van der Waals surface area contributed by atoms with Gasteiger partial charge in [-0.1, -0.05) is 30.3 Å². The zero-order valence-electron chi connectivity index (χ0n) is 10.4. The molecule has 102 valence electrons. The Hall–Kier alpha value is -3.08. The lowest BCUT2D eigenvalue weighted by atomic mass is 9.77. The molecule has 0 saturated heterocycles. The van der Waals surface area contributed by atoms with Gasteiger partial charge in [0.1, 0.15) is 0 Å². The first-order valence-electron chi connectivity index (χ1n) is 5.32. The van der Waals surface area contributed by atoms with Crippen molar-refractivity contribution in [3.8, 4) is 0 Å². The maximum Gasteiger partial charge on any atom is 0.334 e. The molecule has 0 spiro atoms. The Morgan fingerprint density at radius 3 is 1.75 bits per heavy atom. The van der Waals surface area contributed by atoms with E-state index in [1.807, 2.05) is 0 Å². The fourth-order valence-electron chi connectivity index (χ4n) is 1.85. The Balaban J connectivity index is 3.75. The number of hydrogen-bond donors (Lipinski definition) is 2. The number of nitrogens with zero attached hydrogens (tertiary/aromatic N) is 4. The highest BCUT2D eigenvalue weighted by molar-refractivity contribution is 5.70. The lowest BCUT2D eigenvalue weighted by Gasteiger charge is -2.20. The van der Waals surface area contributed by atoms with Crippen LogP contribution in [-0.2, 0) is 5.41 Å². The smallest absolute Gasteiger partial charge is 0.334 e. The van der Waals surface area contributed by atoms with Gasteiger partial charge in [-0.2, -0.15) is 11.7 Å². The molecule has 0 bridgehead atoms. The van der Waals surface area contributed by atoms with E-state index in [4.69, 9.17) is 21.2 Å². The van der Waals surface area contributed by atoms with Crippen molar-refractivity contribution in [2.75, 3.05) is 0 Å². The van der Waals surface area contributed by atoms with E-state index in [0.29, 0.717) is 0 Å². The van der Waals surface area contributed by atoms with Crippen molar-refractivity contribution < 1.29 is 20.3 Å². The van der Waals surface area contributed by atoms with Crippen LogP contribution in [0, 0.1) is 9.81 Å². The normalized spacial score (nSPS) is 12.4. The van der Waals surface area contributed by atoms with Gasteiger partial charge in [-0.05, 0) is 12.5 Å². The summed E-state index contributed by atoms with van der Waals surface area (Å²) in [5.74, 6) is 2.88. The van der Waals surface area contributed by atoms with E-state index in [2.05, 4.69) is 0 Å². The van der Waals surface area contributed by atoms with E-state index >= 15 is 0 Å². The molecule has 0 fully saturated rings. The summed E-state index contributed by atoms with van der Waals surface area (Å²) in [4.78, 5) is 20.8. The Kier molecular flexibility index (Phi) is 4.27. The van der Waals surface area contributed by atoms with Crippen LogP contribution < -0.4 is 0 Å². The van der Waals surface area contributed by atoms with Gasteiger partial charge >= 0.3 is 11.4 Å². The first-order chi connectivity index (χ1) is 9.39. The first-order valence-corrected chi connectivity index (χ1v) is 5.32. The predicted octanol–water partition coefficient (Wildman–Crippen LogP) is 1.53. The molecule has 0 radical (unpaired) electrons. The van der Waals surface area contributed by atoms with Gasteiger partial charge in [0.2, 0.25) is 0 Å². The molecule has 1 rings (SSSR count). The molecule has 0 aliphatic heterocycles. The average molecular weight is 274 g/mol. The van der Waals surface area contributed by atoms with Crippen molar-refractivity contribution in [3.63, 3.8) is 0 Å². The zero-order chi connectivity index (χ0) is 15.3. The van der Waals surface area contributed by atoms with Gasteiger partial charge in [0.15, 0.2) is 5.41 Å². The van der Waals surface area contributed by atoms with Crippen molar-refractivity contribution in [1.29, 1.82) is 0 Å². The molecule has 0 aromatic heterocycles. The number of hydrogen-bond acceptors (Lipinski definition) is 2. The lowest BCUT2D eigenvalue weighted by Crippen LogP contribution is -2.36. The summed E-state index contributed by atoms with van der Waals surface area (Å²) >= 11 is 0. The van der Waals surface area contributed by atoms with Crippen LogP contribution in [0.2, 0.25) is 0 Å². The second kappa shape index (κ2) is 5.71. The minimum atomic E-state index is -1.89. The van der Waals surface area contributed by atoms with Crippen molar-refractivity contribution in [2.24, 2.45) is 0 Å². The topological polar surface area (TPSA) is 125 Å². The molecule has 2 N–H and O–H groups in total. The van der Waals surface area contributed by atoms with Gasteiger partial charge in [-0.3, -0.25) is 0 Å². The Labute approximate surface area is 113 Å². The van der Waals surface area contributed by atoms with Crippen LogP contribution in [-0.4, -0.2) is 32.0 Å². The summed E-state index contributed by atoms with van der Waals surface area (Å²) in [6.45, 7) is 1.20. The SMILES string of the molecule is CC(C(=C=[N-])[N+](=O)O)(C(=C=[N-])[N+](=O)O)c1ccccc1. The maximum atomic E-state index is 11.1. The first kappa shape index (κ1) is 15.0. The molecule has 0 heterocycles. The minimum Gasteiger partial charge on any atom is -0.758 e. The standard InChI is InChI=1S/C12H10N4O4/c1-12(10(7-13)15(17)18,11(8-14)16(19)20)9-5-3-2-4-6-9/h2-6H,1H3,(H,17,18)(H,19,20). The largest absolute Gasteiger partial charge is 0.758 e. The molecule has 1 aromatic rings. The summed E-state index contributed by atoms with van der Waals surface area (Å²) in [6, 6.07) is 7.64. The fourth-order valence-corrected chi connectivity index (χ4v) is 1.85. The highest BCUT2D eigenvalue weighted by atomic mass is 16.6. The summed E-state index contributed by atoms with van der Waals surface area (Å²) < 4.78 is 0. The molecule has 0 saturated carbocycles. The quantitative estimate of drug-likeness (QED) is 0.623. The van der Waals surface area contributed by atoms with Crippen LogP contribution in [0.25, 0.3) is 10.8 Å². The van der Waals surface area contributed by atoms with Gasteiger partial charge in [0, 0.05) is 0 Å². The molecule has 0 atom stereocenters. The van der Waals surface area contributed by atoms with Crippen LogP contribution in [0.5, 0.6) is 0 Å². The van der Waals surface area contributed by atoms with Crippen molar-refractivity contribution >= 4 is 11.7 Å². The summed E-state index contributed by atoms with van der Waals surface area (Å²) in [6.07, 6.45) is 0. The Morgan fingerprint density at radius 1 is 1.05 bits per heavy atom. The number of rotatable bonds is 5. The summed E-state index contributed by atoms with van der Waals surface area (Å²) in [5.41, 5.74) is -3.33. The van der Waals surface area contributed by atoms with Gasteiger partial charge in [0.05, 0.1) is 9.81 Å². The minimum absolute atomic E-state index is 0.206. The van der Waals surface area contributed by atoms with E-state index in [1.54, 1.807) is 18.2 Å². The van der Waals surface area contributed by atoms with Gasteiger partial charge in [0.25, 0.3) is 9.85 Å². The van der Waals surface area contributed by atoms with Gasteiger partial charge in [-0.25, -0.2) is 10.4 Å². The monoisotopic (exact) mass is 274 g/mol. The van der Waals surface area contributed by atoms with Crippen LogP contribution in [0.3, 0.4) is 0 Å². The third-order valence-electron chi connectivity index (χ3n) is 2.89. The molecule has 0 unspecified atom stereocenters. The second-order valence-electron chi connectivity index (χ2n) is 3.96. The molecule has 0 aliphatic carbocycles. The second-order valence-corrected chi connectivity index (χ2v) is 3.96. The van der Waals surface area contributed by atoms with E-state index in [-0.39, 0.29) is 5.56 Å². The Morgan fingerprint density at radius 2 is 1.45 bits per heavy atom. The van der Waals surface area contributed by atoms with Crippen molar-refractivity contribution in [3.05, 3.63) is 67.9 Å². The van der Waals surface area contributed by atoms with E-state index in [9.17, 15) is 9.81 Å². The van der Waals surface area contributed by atoms with Crippen molar-refractivity contribution in [2.45, 2.75) is 12.3 Å². The lowest BCUT2D eigenvalue weighted by molar-refractivity contribution is -0.773. The molecule has 0 amide bonds. The van der Waals surface area contributed by atoms with E-state index in [1.165, 1.54) is 30.8 Å². The zero-order valence-corrected chi connectivity index (χ0v) is 10.4. The van der Waals surface area contributed by atoms with Gasteiger partial charge in [-0.15, -0.1) is 0 Å². The third-order valence-corrected chi connectivity index (χ3v) is 2.89. The molecule has 8 heteroatoms. The van der Waals surface area contributed by atoms with E-state index < -0.39 is 26.7 Å². The molecule has 1 aromatic carbocycles. The van der Waals surface area contributed by atoms with Crippen LogP contribution in [0.15, 0.2) is 41.7 Å². The number of benzene rings is 1. The molecule has 0 aliphatic rings. The fraction of sp³-hybridized carbons (Fsp3) is 0.167. The summed E-state index contributed by atoms with van der Waals surface area (Å²) in [7, 11) is 0. The highest BCUT2D eigenvalue weighted by Crippen LogP contribution is 2.36. The Bertz CT molecular complexity index is 619. The molecule has 8 nitrogen and oxygen atoms in total.